The number of carboxylic acid groups (broad SMARTS) is 1. The second kappa shape index (κ2) is 8.93. The molecule has 22 heavy (non-hydrogen) atoms. The zero-order chi connectivity index (χ0) is 16.5. The number of nitrogens with one attached hydrogen (secondary N) is 1. The van der Waals surface area contributed by atoms with E-state index in [0.717, 1.165) is 0 Å². The van der Waals surface area contributed by atoms with Gasteiger partial charge in [-0.3, -0.25) is 9.59 Å². The van der Waals surface area contributed by atoms with Gasteiger partial charge in [-0.25, -0.2) is 0 Å². The van der Waals surface area contributed by atoms with Gasteiger partial charge >= 0.3 is 12.6 Å². The predicted octanol–water partition coefficient (Wildman–Crippen LogP) is 1.14. The van der Waals surface area contributed by atoms with Crippen molar-refractivity contribution in [3.8, 4) is 5.75 Å². The number of alkyl halides is 2. The molecule has 0 aliphatic rings. The Balaban J connectivity index is 2.38. The Hall–Kier alpha value is -2.22. The lowest BCUT2D eigenvalue weighted by atomic mass is 10.1. The summed E-state index contributed by atoms with van der Waals surface area (Å²) in [4.78, 5) is 22.0. The summed E-state index contributed by atoms with van der Waals surface area (Å²) in [5.41, 5.74) is 6.43. The predicted molar refractivity (Wildman–Crippen MR) is 74.6 cm³/mol. The monoisotopic (exact) mass is 316 g/mol. The highest BCUT2D eigenvalue weighted by Crippen LogP contribution is 2.15. The van der Waals surface area contributed by atoms with Crippen LogP contribution in [-0.4, -0.2) is 36.2 Å². The van der Waals surface area contributed by atoms with Crippen LogP contribution in [0.4, 0.5) is 8.78 Å². The molecule has 0 radical (unpaired) electrons. The van der Waals surface area contributed by atoms with Crippen LogP contribution in [0.15, 0.2) is 24.3 Å². The summed E-state index contributed by atoms with van der Waals surface area (Å²) in [5.74, 6) is -1.28. The van der Waals surface area contributed by atoms with Crippen LogP contribution in [0.1, 0.15) is 18.4 Å². The normalized spacial score (nSPS) is 12.0. The molecule has 0 bridgehead atoms. The molecule has 0 saturated carbocycles. The molecule has 1 atom stereocenters. The molecule has 6 nitrogen and oxygen atoms in total. The molecule has 1 aromatic rings. The Kier molecular flexibility index (Phi) is 7.24. The molecule has 122 valence electrons. The summed E-state index contributed by atoms with van der Waals surface area (Å²) in [6, 6.07) is 5.05. The molecule has 0 heterocycles. The van der Waals surface area contributed by atoms with E-state index in [1.165, 1.54) is 12.1 Å². The highest BCUT2D eigenvalue weighted by atomic mass is 19.3. The topological polar surface area (TPSA) is 102 Å². The first-order valence-corrected chi connectivity index (χ1v) is 6.67. The molecule has 0 fully saturated rings. The van der Waals surface area contributed by atoms with Crippen LogP contribution in [-0.2, 0) is 16.0 Å². The SMILES string of the molecule is N[C@@H](Cc1ccc(OC(F)F)cc1)C(=O)NCCCC(=O)O. The van der Waals surface area contributed by atoms with E-state index < -0.39 is 24.5 Å². The number of hydrogen-bond acceptors (Lipinski definition) is 4. The Morgan fingerprint density at radius 2 is 1.91 bits per heavy atom. The number of carbonyl (C=O) groups is 2. The molecule has 0 spiro atoms. The maximum atomic E-state index is 12.0. The van der Waals surface area contributed by atoms with Crippen molar-refractivity contribution in [3.63, 3.8) is 0 Å². The van der Waals surface area contributed by atoms with Gasteiger partial charge < -0.3 is 20.9 Å². The molecule has 0 aromatic heterocycles. The number of benzene rings is 1. The van der Waals surface area contributed by atoms with Gasteiger partial charge in [0.2, 0.25) is 5.91 Å². The fraction of sp³-hybridized carbons (Fsp3) is 0.429. The van der Waals surface area contributed by atoms with Gasteiger partial charge in [-0.2, -0.15) is 8.78 Å². The fourth-order valence-corrected chi connectivity index (χ4v) is 1.74. The van der Waals surface area contributed by atoms with Crippen LogP contribution >= 0.6 is 0 Å². The minimum Gasteiger partial charge on any atom is -0.481 e. The van der Waals surface area contributed by atoms with Crippen LogP contribution in [0.25, 0.3) is 0 Å². The second-order valence-electron chi connectivity index (χ2n) is 4.62. The molecular formula is C14H18F2N2O4. The van der Waals surface area contributed by atoms with Gasteiger partial charge in [-0.15, -0.1) is 0 Å². The minimum atomic E-state index is -2.88. The first-order valence-electron chi connectivity index (χ1n) is 6.67. The zero-order valence-corrected chi connectivity index (χ0v) is 11.8. The number of nitrogens with two attached hydrogens (primary N) is 1. The first kappa shape index (κ1) is 17.8. The highest BCUT2D eigenvalue weighted by Gasteiger charge is 2.14. The van der Waals surface area contributed by atoms with E-state index in [0.29, 0.717) is 12.0 Å². The second-order valence-corrected chi connectivity index (χ2v) is 4.62. The average Bonchev–Trinajstić information content (AvgIpc) is 2.44. The molecule has 0 unspecified atom stereocenters. The van der Waals surface area contributed by atoms with Gasteiger partial charge in [0, 0.05) is 13.0 Å². The molecule has 1 amide bonds. The van der Waals surface area contributed by atoms with Crippen LogP contribution in [0, 0.1) is 0 Å². The van der Waals surface area contributed by atoms with Crippen molar-refractivity contribution in [2.75, 3.05) is 6.54 Å². The lowest BCUT2D eigenvalue weighted by molar-refractivity contribution is -0.137. The Labute approximate surface area is 126 Å². The van der Waals surface area contributed by atoms with Crippen molar-refractivity contribution in [2.45, 2.75) is 31.9 Å². The van der Waals surface area contributed by atoms with E-state index in [9.17, 15) is 18.4 Å². The summed E-state index contributed by atoms with van der Waals surface area (Å²) in [6.07, 6.45) is 0.536. The first-order chi connectivity index (χ1) is 10.4. The summed E-state index contributed by atoms with van der Waals surface area (Å²) < 4.78 is 28.2. The van der Waals surface area contributed by atoms with E-state index in [1.54, 1.807) is 12.1 Å². The smallest absolute Gasteiger partial charge is 0.387 e. The number of carbonyl (C=O) groups excluding carboxylic acids is 1. The third-order valence-electron chi connectivity index (χ3n) is 2.81. The van der Waals surface area contributed by atoms with E-state index >= 15 is 0 Å². The molecular weight excluding hydrogens is 298 g/mol. The van der Waals surface area contributed by atoms with Crippen molar-refractivity contribution in [2.24, 2.45) is 5.73 Å². The summed E-state index contributed by atoms with van der Waals surface area (Å²) in [5, 5.41) is 11.0. The molecule has 0 aliphatic heterocycles. The van der Waals surface area contributed by atoms with E-state index in [2.05, 4.69) is 10.1 Å². The molecule has 8 heteroatoms. The lowest BCUT2D eigenvalue weighted by Gasteiger charge is -2.12. The number of carboxylic acids is 1. The average molecular weight is 316 g/mol. The summed E-state index contributed by atoms with van der Waals surface area (Å²) >= 11 is 0. The van der Waals surface area contributed by atoms with Gasteiger partial charge in [0.25, 0.3) is 0 Å². The standard InChI is InChI=1S/C14H18F2N2O4/c15-14(16)22-10-5-3-9(4-6-10)8-11(17)13(21)18-7-1-2-12(19)20/h3-6,11,14H,1-2,7-8,17H2,(H,18,21)(H,19,20)/t11-/m0/s1. The number of rotatable bonds is 9. The number of halogens is 2. The lowest BCUT2D eigenvalue weighted by Crippen LogP contribution is -2.42. The van der Waals surface area contributed by atoms with Gasteiger partial charge in [0.1, 0.15) is 5.75 Å². The maximum Gasteiger partial charge on any atom is 0.387 e. The highest BCUT2D eigenvalue weighted by molar-refractivity contribution is 5.81. The molecule has 0 saturated heterocycles. The quantitative estimate of drug-likeness (QED) is 0.593. The van der Waals surface area contributed by atoms with Crippen molar-refractivity contribution in [1.29, 1.82) is 0 Å². The summed E-state index contributed by atoms with van der Waals surface area (Å²) in [6.45, 7) is -2.65. The van der Waals surface area contributed by atoms with Gasteiger partial charge in [0.15, 0.2) is 0 Å². The fourth-order valence-electron chi connectivity index (χ4n) is 1.74. The van der Waals surface area contributed by atoms with Crippen molar-refractivity contribution >= 4 is 11.9 Å². The Bertz CT molecular complexity index is 494. The van der Waals surface area contributed by atoms with E-state index in [-0.39, 0.29) is 25.1 Å². The van der Waals surface area contributed by atoms with Gasteiger partial charge in [0.05, 0.1) is 6.04 Å². The van der Waals surface area contributed by atoms with Crippen LogP contribution in [0.5, 0.6) is 5.75 Å². The summed E-state index contributed by atoms with van der Waals surface area (Å²) in [7, 11) is 0. The number of aliphatic carboxylic acids is 1. The van der Waals surface area contributed by atoms with E-state index in [1.807, 2.05) is 0 Å². The minimum absolute atomic E-state index is 0.0267. The molecule has 1 rings (SSSR count). The molecule has 4 N–H and O–H groups in total. The largest absolute Gasteiger partial charge is 0.481 e. The zero-order valence-electron chi connectivity index (χ0n) is 11.8. The van der Waals surface area contributed by atoms with Crippen molar-refractivity contribution in [1.82, 2.24) is 5.32 Å². The number of amides is 1. The van der Waals surface area contributed by atoms with Crippen LogP contribution in [0.2, 0.25) is 0 Å². The number of hydrogen-bond donors (Lipinski definition) is 3. The van der Waals surface area contributed by atoms with Crippen LogP contribution in [0.3, 0.4) is 0 Å². The Morgan fingerprint density at radius 3 is 2.45 bits per heavy atom. The van der Waals surface area contributed by atoms with Crippen molar-refractivity contribution in [3.05, 3.63) is 29.8 Å². The van der Waals surface area contributed by atoms with Crippen molar-refractivity contribution < 1.29 is 28.2 Å². The van der Waals surface area contributed by atoms with E-state index in [4.69, 9.17) is 10.8 Å². The third kappa shape index (κ3) is 6.98. The Morgan fingerprint density at radius 1 is 1.27 bits per heavy atom. The maximum absolute atomic E-state index is 12.0. The molecule has 1 aromatic carbocycles. The van der Waals surface area contributed by atoms with Gasteiger partial charge in [-0.05, 0) is 30.5 Å². The molecule has 0 aliphatic carbocycles. The number of ether oxygens (including phenoxy) is 1. The third-order valence-corrected chi connectivity index (χ3v) is 2.81. The van der Waals surface area contributed by atoms with Crippen LogP contribution < -0.4 is 15.8 Å². The van der Waals surface area contributed by atoms with Gasteiger partial charge in [-0.1, -0.05) is 12.1 Å².